The maximum Gasteiger partial charge on any atom is 0.270 e. The van der Waals surface area contributed by atoms with E-state index in [9.17, 15) is 9.59 Å². The third kappa shape index (κ3) is 4.00. The number of benzene rings is 2. The minimum Gasteiger partial charge on any atom is -0.497 e. The average Bonchev–Trinajstić information content (AvgIpc) is 2.75. The number of thiocarbonyl (C=S) groups is 1. The second-order valence-corrected chi connectivity index (χ2v) is 6.75. The number of hydrogen-bond acceptors (Lipinski definition) is 5. The fourth-order valence-corrected chi connectivity index (χ4v) is 3.47. The molecule has 0 aliphatic carbocycles. The standard InChI is InChI=1S/C22H22N2O4S/c1-4-12-23-20(25)18(14-15-13-17(27-2)10-11-19(15)28-3)21(26)24(22(23)29)16-8-6-5-7-9-16/h5-11,13-14H,4,12H2,1-3H3/b18-14+. The van der Waals surface area contributed by atoms with E-state index in [1.54, 1.807) is 37.4 Å². The lowest BCUT2D eigenvalue weighted by Gasteiger charge is -2.36. The number of methoxy groups -OCH3 is 2. The van der Waals surface area contributed by atoms with E-state index in [4.69, 9.17) is 21.7 Å². The Labute approximate surface area is 175 Å². The summed E-state index contributed by atoms with van der Waals surface area (Å²) < 4.78 is 10.7. The van der Waals surface area contributed by atoms with Crippen molar-refractivity contribution in [2.24, 2.45) is 0 Å². The fraction of sp³-hybridized carbons (Fsp3) is 0.227. The van der Waals surface area contributed by atoms with Gasteiger partial charge in [-0.2, -0.15) is 0 Å². The number of anilines is 1. The summed E-state index contributed by atoms with van der Waals surface area (Å²) in [4.78, 5) is 29.3. The Morgan fingerprint density at radius 1 is 1.00 bits per heavy atom. The molecular formula is C22H22N2O4S. The number of rotatable bonds is 6. The summed E-state index contributed by atoms with van der Waals surface area (Å²) in [5.41, 5.74) is 1.20. The van der Waals surface area contributed by atoms with Crippen LogP contribution in [0.4, 0.5) is 5.69 Å². The highest BCUT2D eigenvalue weighted by atomic mass is 32.1. The van der Waals surface area contributed by atoms with Crippen LogP contribution >= 0.6 is 12.2 Å². The van der Waals surface area contributed by atoms with Crippen LogP contribution in [0.1, 0.15) is 18.9 Å². The van der Waals surface area contributed by atoms with Crippen LogP contribution in [0.3, 0.4) is 0 Å². The van der Waals surface area contributed by atoms with E-state index in [0.29, 0.717) is 35.7 Å². The van der Waals surface area contributed by atoms with Crippen molar-refractivity contribution in [3.8, 4) is 11.5 Å². The van der Waals surface area contributed by atoms with Gasteiger partial charge in [0.25, 0.3) is 11.8 Å². The third-order valence-electron chi connectivity index (χ3n) is 4.53. The Morgan fingerprint density at radius 2 is 1.72 bits per heavy atom. The summed E-state index contributed by atoms with van der Waals surface area (Å²) >= 11 is 5.49. The van der Waals surface area contributed by atoms with E-state index in [0.717, 1.165) is 0 Å². The molecule has 0 atom stereocenters. The molecular weight excluding hydrogens is 388 g/mol. The summed E-state index contributed by atoms with van der Waals surface area (Å²) in [6, 6.07) is 14.3. The molecule has 0 N–H and O–H groups in total. The lowest BCUT2D eigenvalue weighted by molar-refractivity contribution is -0.127. The van der Waals surface area contributed by atoms with Crippen molar-refractivity contribution in [3.63, 3.8) is 0 Å². The van der Waals surface area contributed by atoms with Gasteiger partial charge in [-0.3, -0.25) is 19.4 Å². The van der Waals surface area contributed by atoms with Gasteiger partial charge in [0.2, 0.25) is 0 Å². The molecule has 0 saturated carbocycles. The number of ether oxygens (including phenoxy) is 2. The van der Waals surface area contributed by atoms with Gasteiger partial charge in [0.15, 0.2) is 5.11 Å². The van der Waals surface area contributed by atoms with E-state index < -0.39 is 11.8 Å². The molecule has 1 heterocycles. The molecule has 0 unspecified atom stereocenters. The topological polar surface area (TPSA) is 59.1 Å². The van der Waals surface area contributed by atoms with Crippen molar-refractivity contribution in [1.82, 2.24) is 4.90 Å². The molecule has 7 heteroatoms. The predicted octanol–water partition coefficient (Wildman–Crippen LogP) is 3.66. The van der Waals surface area contributed by atoms with Crippen molar-refractivity contribution >= 4 is 40.9 Å². The quantitative estimate of drug-likeness (QED) is 0.413. The number of para-hydroxylation sites is 1. The highest BCUT2D eigenvalue weighted by Gasteiger charge is 2.40. The van der Waals surface area contributed by atoms with Gasteiger partial charge < -0.3 is 9.47 Å². The first kappa shape index (κ1) is 20.5. The fourth-order valence-electron chi connectivity index (χ4n) is 3.11. The zero-order chi connectivity index (χ0) is 21.0. The first-order valence-corrected chi connectivity index (χ1v) is 9.61. The molecule has 1 aliphatic heterocycles. The molecule has 6 nitrogen and oxygen atoms in total. The van der Waals surface area contributed by atoms with E-state index in [1.165, 1.54) is 23.0 Å². The zero-order valence-corrected chi connectivity index (χ0v) is 17.4. The van der Waals surface area contributed by atoms with Gasteiger partial charge >= 0.3 is 0 Å². The van der Waals surface area contributed by atoms with E-state index in [1.807, 2.05) is 25.1 Å². The van der Waals surface area contributed by atoms with Crippen molar-refractivity contribution in [2.45, 2.75) is 13.3 Å². The molecule has 1 fully saturated rings. The number of hydrogen-bond donors (Lipinski definition) is 0. The van der Waals surface area contributed by atoms with Crippen LogP contribution in [-0.4, -0.2) is 42.6 Å². The van der Waals surface area contributed by atoms with E-state index in [-0.39, 0.29) is 10.7 Å². The lowest BCUT2D eigenvalue weighted by Crippen LogP contribution is -2.56. The van der Waals surface area contributed by atoms with E-state index >= 15 is 0 Å². The molecule has 150 valence electrons. The number of carbonyl (C=O) groups is 2. The Morgan fingerprint density at radius 3 is 2.34 bits per heavy atom. The maximum absolute atomic E-state index is 13.3. The molecule has 2 amide bonds. The molecule has 3 rings (SSSR count). The summed E-state index contributed by atoms with van der Waals surface area (Å²) in [5.74, 6) is 0.233. The van der Waals surface area contributed by atoms with Crippen LogP contribution in [0.15, 0.2) is 54.1 Å². The Balaban J connectivity index is 2.14. The van der Waals surface area contributed by atoms with Crippen molar-refractivity contribution in [2.75, 3.05) is 25.7 Å². The second-order valence-electron chi connectivity index (χ2n) is 6.38. The molecule has 1 saturated heterocycles. The molecule has 2 aromatic rings. The highest BCUT2D eigenvalue weighted by molar-refractivity contribution is 7.80. The minimum atomic E-state index is -0.469. The van der Waals surface area contributed by atoms with E-state index in [2.05, 4.69) is 0 Å². The van der Waals surface area contributed by atoms with Gasteiger partial charge in [-0.1, -0.05) is 25.1 Å². The van der Waals surface area contributed by atoms with Crippen molar-refractivity contribution in [1.29, 1.82) is 0 Å². The SMILES string of the molecule is CCCN1C(=O)/C(=C\c2cc(OC)ccc2OC)C(=O)N(c2ccccc2)C1=S. The molecule has 2 aromatic carbocycles. The monoisotopic (exact) mass is 410 g/mol. The molecule has 29 heavy (non-hydrogen) atoms. The summed E-state index contributed by atoms with van der Waals surface area (Å²) in [6.07, 6.45) is 2.24. The average molecular weight is 410 g/mol. The third-order valence-corrected chi connectivity index (χ3v) is 4.93. The largest absolute Gasteiger partial charge is 0.497 e. The first-order chi connectivity index (χ1) is 14.0. The summed E-state index contributed by atoms with van der Waals surface area (Å²) in [6.45, 7) is 2.37. The first-order valence-electron chi connectivity index (χ1n) is 9.20. The van der Waals surface area contributed by atoms with Crippen LogP contribution in [0.25, 0.3) is 6.08 Å². The van der Waals surface area contributed by atoms with Crippen LogP contribution in [0.2, 0.25) is 0 Å². The Hall–Kier alpha value is -3.19. The van der Waals surface area contributed by atoms with Crippen LogP contribution in [0, 0.1) is 0 Å². The molecule has 0 bridgehead atoms. The summed E-state index contributed by atoms with van der Waals surface area (Å²) in [5, 5.41) is 0.183. The van der Waals surface area contributed by atoms with Gasteiger partial charge in [0.05, 0.1) is 19.9 Å². The lowest BCUT2D eigenvalue weighted by atomic mass is 10.0. The normalized spacial score (nSPS) is 15.8. The van der Waals surface area contributed by atoms with Gasteiger partial charge in [-0.05, 0) is 55.0 Å². The number of carbonyl (C=O) groups excluding carboxylic acids is 2. The van der Waals surface area contributed by atoms with Gasteiger partial charge in [-0.25, -0.2) is 0 Å². The molecule has 0 radical (unpaired) electrons. The molecule has 1 aliphatic rings. The minimum absolute atomic E-state index is 0.0162. The maximum atomic E-state index is 13.3. The van der Waals surface area contributed by atoms with Crippen molar-refractivity contribution in [3.05, 3.63) is 59.7 Å². The number of nitrogens with zero attached hydrogens (tertiary/aromatic N) is 2. The van der Waals surface area contributed by atoms with Gasteiger partial charge in [0, 0.05) is 12.1 Å². The Kier molecular flexibility index (Phi) is 6.29. The van der Waals surface area contributed by atoms with Crippen LogP contribution < -0.4 is 14.4 Å². The van der Waals surface area contributed by atoms with Crippen molar-refractivity contribution < 1.29 is 19.1 Å². The smallest absolute Gasteiger partial charge is 0.270 e. The van der Waals surface area contributed by atoms with Gasteiger partial charge in [0.1, 0.15) is 17.1 Å². The zero-order valence-electron chi connectivity index (χ0n) is 16.5. The molecule has 0 spiro atoms. The highest BCUT2D eigenvalue weighted by Crippen LogP contribution is 2.30. The molecule has 0 aromatic heterocycles. The number of amides is 2. The van der Waals surface area contributed by atoms with Crippen LogP contribution in [-0.2, 0) is 9.59 Å². The van der Waals surface area contributed by atoms with Crippen LogP contribution in [0.5, 0.6) is 11.5 Å². The van der Waals surface area contributed by atoms with Gasteiger partial charge in [-0.15, -0.1) is 0 Å². The summed E-state index contributed by atoms with van der Waals surface area (Å²) in [7, 11) is 3.08. The second kappa shape index (κ2) is 8.87. The predicted molar refractivity (Wildman–Crippen MR) is 116 cm³/mol. The Bertz CT molecular complexity index is 972.